The third-order valence-electron chi connectivity index (χ3n) is 17.7. The summed E-state index contributed by atoms with van der Waals surface area (Å²) in [5.74, 6) is -6.11. The van der Waals surface area contributed by atoms with Gasteiger partial charge in [0.1, 0.15) is 89.5 Å². The van der Waals surface area contributed by atoms with Crippen molar-refractivity contribution >= 4 is 77.6 Å². The Kier molecular flexibility index (Phi) is 32.8. The largest absolute Gasteiger partial charge is 0.488 e. The number of rotatable bonds is 36. The van der Waals surface area contributed by atoms with Crippen LogP contribution in [0, 0.1) is 25.2 Å². The van der Waals surface area contributed by atoms with E-state index in [0.29, 0.717) is 81.3 Å². The third-order valence-corrected chi connectivity index (χ3v) is 20.2. The Morgan fingerprint density at radius 3 is 1.80 bits per heavy atom. The van der Waals surface area contributed by atoms with Crippen LogP contribution in [-0.2, 0) is 106 Å². The van der Waals surface area contributed by atoms with Gasteiger partial charge in [0, 0.05) is 128 Å². The lowest BCUT2D eigenvalue weighted by molar-refractivity contribution is -0.163. The molecule has 0 bridgehead atoms. The summed E-state index contributed by atoms with van der Waals surface area (Å²) in [5.41, 5.74) is 3.51. The lowest BCUT2D eigenvalue weighted by Crippen LogP contribution is -2.57. The number of amides is 3. The van der Waals surface area contributed by atoms with Crippen molar-refractivity contribution in [1.82, 2.24) is 60.4 Å². The highest BCUT2D eigenvalue weighted by Crippen LogP contribution is 2.37. The van der Waals surface area contributed by atoms with Gasteiger partial charge in [-0.15, -0.1) is 5.10 Å². The van der Waals surface area contributed by atoms with Crippen LogP contribution in [0.5, 0.6) is 17.2 Å². The van der Waals surface area contributed by atoms with Crippen LogP contribution in [0.3, 0.4) is 0 Å². The average Bonchev–Trinajstić information content (AvgIpc) is 0.803. The minimum atomic E-state index is -4.80. The highest BCUT2D eigenvalue weighted by Gasteiger charge is 2.37. The number of hydrogen-bond donors (Lipinski definition) is 6. The topological polar surface area (TPSA) is 441 Å². The van der Waals surface area contributed by atoms with Crippen LogP contribution in [0.25, 0.3) is 11.1 Å². The molecule has 34 nitrogen and oxygen atoms in total. The molecule has 0 saturated carbocycles. The molecule has 2 aromatic heterocycles. The van der Waals surface area contributed by atoms with Gasteiger partial charge in [-0.05, 0) is 135 Å². The van der Waals surface area contributed by atoms with E-state index in [1.165, 1.54) is 29.4 Å². The van der Waals surface area contributed by atoms with Gasteiger partial charge in [0.2, 0.25) is 17.7 Å². The lowest BCUT2D eigenvalue weighted by atomic mass is 9.93. The van der Waals surface area contributed by atoms with Crippen molar-refractivity contribution in [1.29, 1.82) is 5.26 Å². The van der Waals surface area contributed by atoms with Crippen LogP contribution in [0.4, 0.5) is 0 Å². The van der Waals surface area contributed by atoms with Gasteiger partial charge in [0.05, 0.1) is 41.4 Å². The van der Waals surface area contributed by atoms with E-state index in [4.69, 9.17) is 44.6 Å². The number of nitrogens with one attached hydrogen (secondary N) is 3. The molecule has 6 N–H and O–H groups in total. The van der Waals surface area contributed by atoms with Crippen LogP contribution in [-0.4, -0.2) is 263 Å². The zero-order chi connectivity index (χ0) is 82.5. The normalized spacial score (nSPS) is 15.6. The molecule has 112 heavy (non-hydrogen) atoms. The van der Waals surface area contributed by atoms with E-state index >= 15 is 0 Å². The molecule has 5 aromatic rings. The number of nitriles is 1. The zero-order valence-corrected chi connectivity index (χ0v) is 68.3. The van der Waals surface area contributed by atoms with E-state index in [2.05, 4.69) is 36.1 Å². The van der Waals surface area contributed by atoms with E-state index in [0.717, 1.165) is 27.8 Å². The van der Waals surface area contributed by atoms with Crippen LogP contribution in [0.2, 0.25) is 5.02 Å². The summed E-state index contributed by atoms with van der Waals surface area (Å²) in [6.45, 7) is 22.7. The number of halogens is 1. The van der Waals surface area contributed by atoms with E-state index in [9.17, 15) is 68.4 Å². The fourth-order valence-corrected chi connectivity index (χ4v) is 14.3. The highest BCUT2D eigenvalue weighted by molar-refractivity contribution is 7.86. The number of carbonyl (C=O) groups is 6. The van der Waals surface area contributed by atoms with E-state index < -0.39 is 125 Å². The van der Waals surface area contributed by atoms with Gasteiger partial charge in [-0.2, -0.15) is 30.5 Å². The summed E-state index contributed by atoms with van der Waals surface area (Å²) < 4.78 is 138. The van der Waals surface area contributed by atoms with Crippen LogP contribution in [0.15, 0.2) is 73.2 Å². The minimum Gasteiger partial charge on any atom is -0.488 e. The lowest BCUT2D eigenvalue weighted by Gasteiger charge is -2.36. The third kappa shape index (κ3) is 31.5. The number of benzene rings is 3. The Bertz CT molecular complexity index is 4460. The van der Waals surface area contributed by atoms with Gasteiger partial charge in [-0.25, -0.2) is 0 Å². The molecule has 2 fully saturated rings. The molecule has 0 unspecified atom stereocenters. The number of aryl methyl sites for hydroxylation is 1. The molecule has 3 aromatic carbocycles. The first-order chi connectivity index (χ1) is 52.3. The van der Waals surface area contributed by atoms with Crippen molar-refractivity contribution in [3.8, 4) is 34.4 Å². The number of carbonyl (C=O) groups excluding carboxylic acids is 6. The first-order valence-corrected chi connectivity index (χ1v) is 41.7. The van der Waals surface area contributed by atoms with Crippen LogP contribution >= 0.6 is 11.6 Å². The molecular weight excluding hydrogens is 1540 g/mol. The number of hydrogen-bond acceptors (Lipinski definition) is 27. The fourth-order valence-electron chi connectivity index (χ4n) is 12.4. The highest BCUT2D eigenvalue weighted by atomic mass is 35.5. The van der Waals surface area contributed by atoms with Crippen molar-refractivity contribution in [2.75, 3.05) is 109 Å². The number of ether oxygens (including phenoxy) is 6. The number of nitrogens with zero attached hydrogens (tertiary/aromatic N) is 10. The second-order valence-electron chi connectivity index (χ2n) is 30.4. The fraction of sp³-hybridized carbons (Fsp3) is 0.568. The van der Waals surface area contributed by atoms with E-state index in [-0.39, 0.29) is 101 Å². The molecule has 0 radical (unpaired) electrons. The molecule has 4 heterocycles. The van der Waals surface area contributed by atoms with Gasteiger partial charge in [-0.1, -0.05) is 47.1 Å². The zero-order valence-electron chi connectivity index (χ0n) is 65.1. The molecule has 0 spiro atoms. The van der Waals surface area contributed by atoms with E-state index in [1.54, 1.807) is 79.3 Å². The standard InChI is InChI=1S/C74H104ClN13O21S3/c1-50-54(46-105-65-37-64(104-45-53-35-52(38-76)39-77-40-53)55(36-59(65)75)41-79-60(48-111(98,99)100)69(92)78-21-34-110(95,96)97)15-12-16-57(50)58-17-13-18-63(51(58)2)106-47-56-42-88(82-81-56)23-14-22-83-26-32-87(33-27-83)70(93)61(49-112(101,102)103)80-66(89)20-19-62(71(94)109-74(9,10)11)86-30-28-84(43-67(90)107-72(3,4)5)24-25-85(29-31-86)44-68(91)108-73(6,7)8/h12-13,15-18,35-37,39-40,42,60-62,79H,14,19-34,41,43-49H2,1-11H3,(H,78,92)(H,80,89)(H,95,96,97)(H,98,99,100)(H,101,102,103)/t60-,61-,62-/m0/s1. The van der Waals surface area contributed by atoms with E-state index in [1.807, 2.05) is 71.0 Å². The first kappa shape index (κ1) is 90.7. The number of pyridine rings is 1. The Labute approximate surface area is 659 Å². The first-order valence-electron chi connectivity index (χ1n) is 36.5. The predicted molar refractivity (Wildman–Crippen MR) is 412 cm³/mol. The molecular formula is C74H104ClN13O21S3. The molecule has 2 aliphatic heterocycles. The Morgan fingerprint density at radius 1 is 0.634 bits per heavy atom. The van der Waals surface area contributed by atoms with Crippen molar-refractivity contribution in [2.45, 2.75) is 163 Å². The molecule has 3 amide bonds. The second kappa shape index (κ2) is 40.5. The monoisotopic (exact) mass is 1640 g/mol. The van der Waals surface area contributed by atoms with Gasteiger partial charge >= 0.3 is 17.9 Å². The van der Waals surface area contributed by atoms with Crippen molar-refractivity contribution in [2.24, 2.45) is 0 Å². The quantitative estimate of drug-likeness (QED) is 0.0182. The maximum atomic E-state index is 14.2. The van der Waals surface area contributed by atoms with Crippen LogP contribution in [0.1, 0.15) is 121 Å². The molecule has 2 aliphatic rings. The smallest absolute Gasteiger partial charge is 0.323 e. The van der Waals surface area contributed by atoms with Crippen molar-refractivity contribution < 1.29 is 96.1 Å². The summed E-state index contributed by atoms with van der Waals surface area (Å²) in [4.78, 5) is 94.7. The number of piperazine rings is 1. The molecule has 7 rings (SSSR count). The summed E-state index contributed by atoms with van der Waals surface area (Å²) in [5, 5.41) is 25.7. The average molecular weight is 1640 g/mol. The minimum absolute atomic E-state index is 0.0244. The maximum Gasteiger partial charge on any atom is 0.323 e. The molecule has 616 valence electrons. The molecule has 0 aliphatic carbocycles. The van der Waals surface area contributed by atoms with Crippen molar-refractivity contribution in [3.63, 3.8) is 0 Å². The van der Waals surface area contributed by atoms with Crippen LogP contribution < -0.4 is 30.2 Å². The van der Waals surface area contributed by atoms with Gasteiger partial charge in [-0.3, -0.25) is 71.7 Å². The van der Waals surface area contributed by atoms with Gasteiger partial charge in [0.15, 0.2) is 0 Å². The molecule has 38 heteroatoms. The maximum absolute atomic E-state index is 14.2. The molecule has 2 saturated heterocycles. The SMILES string of the molecule is Cc1c(COc2cc(OCc3cncc(C#N)c3)c(CN[C@@H](CS(=O)(=O)O)C(=O)NCCS(=O)(=O)O)cc2Cl)cccc1-c1cccc(OCc2cn(CCCN3CCN(C(=O)[C@H](CS(=O)(=O)O)NC(=O)CC[C@@H](C(=O)OC(C)(C)C)N4CCN(CC(=O)OC(C)(C)C)CCN(CC(=O)OC(C)(C)C)CC4)CC3)nn2)c1C. The molecule has 3 atom stereocenters. The number of aromatic nitrogens is 4. The second-order valence-corrected chi connectivity index (χ2v) is 35.4. The Balaban J connectivity index is 0.928. The van der Waals surface area contributed by atoms with Crippen molar-refractivity contribution in [3.05, 3.63) is 117 Å². The van der Waals surface area contributed by atoms with Gasteiger partial charge in [0.25, 0.3) is 30.4 Å². The Morgan fingerprint density at radius 2 is 1.21 bits per heavy atom. The van der Waals surface area contributed by atoms with Gasteiger partial charge < -0.3 is 49.3 Å². The number of esters is 3. The summed E-state index contributed by atoms with van der Waals surface area (Å²) in [6.07, 6.45) is 4.82. The Hall–Kier alpha value is -8.52. The predicted octanol–water partition coefficient (Wildman–Crippen LogP) is 4.57. The summed E-state index contributed by atoms with van der Waals surface area (Å²) in [6, 6.07) is 13.7. The summed E-state index contributed by atoms with van der Waals surface area (Å²) >= 11 is 6.84. The summed E-state index contributed by atoms with van der Waals surface area (Å²) in [7, 11) is -14.0.